The highest BCUT2D eigenvalue weighted by molar-refractivity contribution is 5.83. The highest BCUT2D eigenvalue weighted by atomic mass is 16.3. The van der Waals surface area contributed by atoms with Crippen LogP contribution in [-0.4, -0.2) is 39.8 Å². The average molecular weight is 302 g/mol. The number of aromatic nitrogens is 2. The van der Waals surface area contributed by atoms with Gasteiger partial charge < -0.3 is 20.3 Å². The van der Waals surface area contributed by atoms with Crippen molar-refractivity contribution in [3.8, 4) is 0 Å². The number of anilines is 1. The lowest BCUT2D eigenvalue weighted by Gasteiger charge is -2.14. The number of hydrogen-bond acceptors (Lipinski definition) is 4. The van der Waals surface area contributed by atoms with E-state index in [2.05, 4.69) is 15.6 Å². The third-order valence-corrected chi connectivity index (χ3v) is 4.07. The van der Waals surface area contributed by atoms with Gasteiger partial charge in [-0.1, -0.05) is 25.0 Å². The number of nitrogens with zero attached hydrogens (tertiary/aromatic N) is 2. The van der Waals surface area contributed by atoms with Gasteiger partial charge in [0, 0.05) is 12.6 Å². The monoisotopic (exact) mass is 302 g/mol. The zero-order valence-corrected chi connectivity index (χ0v) is 12.6. The van der Waals surface area contributed by atoms with E-state index in [9.17, 15) is 4.79 Å². The van der Waals surface area contributed by atoms with Crippen molar-refractivity contribution in [1.82, 2.24) is 14.9 Å². The molecule has 1 heterocycles. The Bertz CT molecular complexity index is 647. The first-order valence-corrected chi connectivity index (χ1v) is 7.87. The molecule has 1 aromatic carbocycles. The molecule has 1 amide bonds. The highest BCUT2D eigenvalue weighted by Gasteiger charge is 2.19. The summed E-state index contributed by atoms with van der Waals surface area (Å²) in [5.41, 5.74) is 1.76. The molecule has 0 atom stereocenters. The second-order valence-electron chi connectivity index (χ2n) is 5.71. The molecule has 2 aromatic rings. The van der Waals surface area contributed by atoms with Crippen LogP contribution in [0.3, 0.4) is 0 Å². The molecule has 0 saturated heterocycles. The van der Waals surface area contributed by atoms with Crippen molar-refractivity contribution < 1.29 is 9.90 Å². The maximum Gasteiger partial charge on any atom is 0.240 e. The summed E-state index contributed by atoms with van der Waals surface area (Å²) in [4.78, 5) is 16.8. The predicted molar refractivity (Wildman–Crippen MR) is 85.7 cm³/mol. The van der Waals surface area contributed by atoms with Gasteiger partial charge in [-0.15, -0.1) is 0 Å². The number of hydrogen-bond donors (Lipinski definition) is 3. The zero-order chi connectivity index (χ0) is 15.4. The molecule has 118 valence electrons. The van der Waals surface area contributed by atoms with Crippen molar-refractivity contribution >= 4 is 22.9 Å². The van der Waals surface area contributed by atoms with Crippen molar-refractivity contribution in [3.05, 3.63) is 24.3 Å². The number of imidazole rings is 1. The van der Waals surface area contributed by atoms with Gasteiger partial charge in [0.1, 0.15) is 6.54 Å². The van der Waals surface area contributed by atoms with Crippen LogP contribution >= 0.6 is 0 Å². The van der Waals surface area contributed by atoms with Gasteiger partial charge in [0.25, 0.3) is 0 Å². The Morgan fingerprint density at radius 1 is 1.32 bits per heavy atom. The van der Waals surface area contributed by atoms with Gasteiger partial charge in [0.15, 0.2) is 0 Å². The van der Waals surface area contributed by atoms with Crippen molar-refractivity contribution in [1.29, 1.82) is 0 Å². The smallest absolute Gasteiger partial charge is 0.240 e. The number of fused-ring (bicyclic) bond motifs is 1. The third-order valence-electron chi connectivity index (χ3n) is 4.07. The van der Waals surface area contributed by atoms with E-state index in [0.29, 0.717) is 18.5 Å². The second kappa shape index (κ2) is 6.79. The Labute approximate surface area is 129 Å². The Morgan fingerprint density at radius 3 is 2.86 bits per heavy atom. The van der Waals surface area contributed by atoms with Crippen LogP contribution in [0.4, 0.5) is 5.95 Å². The van der Waals surface area contributed by atoms with Gasteiger partial charge in [-0.05, 0) is 25.0 Å². The summed E-state index contributed by atoms with van der Waals surface area (Å²) in [6, 6.07) is 8.05. The molecule has 6 nitrogen and oxygen atoms in total. The van der Waals surface area contributed by atoms with Crippen LogP contribution in [0.15, 0.2) is 24.3 Å². The van der Waals surface area contributed by atoms with Crippen LogP contribution in [0.5, 0.6) is 0 Å². The number of nitrogens with one attached hydrogen (secondary N) is 2. The van der Waals surface area contributed by atoms with E-state index in [1.54, 1.807) is 0 Å². The lowest BCUT2D eigenvalue weighted by atomic mass is 10.2. The Hall–Kier alpha value is -2.08. The molecule has 1 aliphatic carbocycles. The van der Waals surface area contributed by atoms with E-state index in [-0.39, 0.29) is 19.1 Å². The Balaban J connectivity index is 1.79. The van der Waals surface area contributed by atoms with E-state index in [0.717, 1.165) is 23.9 Å². The molecule has 0 aliphatic heterocycles. The second-order valence-corrected chi connectivity index (χ2v) is 5.71. The molecule has 0 spiro atoms. The molecule has 0 radical (unpaired) electrons. The minimum absolute atomic E-state index is 0.0158. The maximum absolute atomic E-state index is 12.3. The quantitative estimate of drug-likeness (QED) is 0.755. The molecule has 22 heavy (non-hydrogen) atoms. The van der Waals surface area contributed by atoms with Gasteiger partial charge in [-0.25, -0.2) is 4.98 Å². The lowest BCUT2D eigenvalue weighted by molar-refractivity contribution is -0.122. The van der Waals surface area contributed by atoms with Crippen molar-refractivity contribution in [2.45, 2.75) is 38.3 Å². The van der Waals surface area contributed by atoms with Gasteiger partial charge >= 0.3 is 0 Å². The number of rotatable bonds is 6. The van der Waals surface area contributed by atoms with Crippen LogP contribution in [0.2, 0.25) is 0 Å². The number of amides is 1. The SMILES string of the molecule is O=C(Cn1c(NCCO)nc2ccccc21)NC1CCCC1. The van der Waals surface area contributed by atoms with Crippen LogP contribution in [0.25, 0.3) is 11.0 Å². The highest BCUT2D eigenvalue weighted by Crippen LogP contribution is 2.20. The Kier molecular flexibility index (Phi) is 4.58. The van der Waals surface area contributed by atoms with Crippen LogP contribution in [0, 0.1) is 0 Å². The fourth-order valence-corrected chi connectivity index (χ4v) is 3.03. The molecule has 1 aliphatic rings. The van der Waals surface area contributed by atoms with Crippen molar-refractivity contribution in [2.75, 3.05) is 18.5 Å². The van der Waals surface area contributed by atoms with Gasteiger partial charge in [-0.2, -0.15) is 0 Å². The molecular formula is C16H22N4O2. The fraction of sp³-hybridized carbons (Fsp3) is 0.500. The summed E-state index contributed by atoms with van der Waals surface area (Å²) < 4.78 is 1.87. The topological polar surface area (TPSA) is 79.2 Å². The van der Waals surface area contributed by atoms with Crippen LogP contribution in [-0.2, 0) is 11.3 Å². The van der Waals surface area contributed by atoms with E-state index >= 15 is 0 Å². The minimum Gasteiger partial charge on any atom is -0.395 e. The summed E-state index contributed by atoms with van der Waals surface area (Å²) in [6.45, 7) is 0.676. The fourth-order valence-electron chi connectivity index (χ4n) is 3.03. The number of carbonyl (C=O) groups is 1. The molecule has 1 fully saturated rings. The van der Waals surface area contributed by atoms with E-state index in [1.807, 2.05) is 28.8 Å². The first kappa shape index (κ1) is 14.8. The van der Waals surface area contributed by atoms with E-state index < -0.39 is 0 Å². The third kappa shape index (κ3) is 3.22. The first-order chi connectivity index (χ1) is 10.8. The van der Waals surface area contributed by atoms with E-state index in [4.69, 9.17) is 5.11 Å². The molecule has 0 unspecified atom stereocenters. The summed E-state index contributed by atoms with van der Waals surface area (Å²) in [6.07, 6.45) is 4.54. The summed E-state index contributed by atoms with van der Waals surface area (Å²) in [5.74, 6) is 0.638. The number of aliphatic hydroxyl groups is 1. The lowest BCUT2D eigenvalue weighted by Crippen LogP contribution is -2.35. The van der Waals surface area contributed by atoms with Gasteiger partial charge in [-0.3, -0.25) is 4.79 Å². The van der Waals surface area contributed by atoms with Gasteiger partial charge in [0.05, 0.1) is 17.6 Å². The van der Waals surface area contributed by atoms with Crippen LogP contribution < -0.4 is 10.6 Å². The number of carbonyl (C=O) groups excluding carboxylic acids is 1. The molecule has 6 heteroatoms. The van der Waals surface area contributed by atoms with E-state index in [1.165, 1.54) is 12.8 Å². The summed E-state index contributed by atoms with van der Waals surface area (Å²) in [7, 11) is 0. The largest absolute Gasteiger partial charge is 0.395 e. The maximum atomic E-state index is 12.3. The minimum atomic E-state index is 0.0158. The molecule has 1 saturated carbocycles. The Morgan fingerprint density at radius 2 is 2.09 bits per heavy atom. The predicted octanol–water partition coefficient (Wildman–Crippen LogP) is 1.50. The van der Waals surface area contributed by atoms with Crippen molar-refractivity contribution in [3.63, 3.8) is 0 Å². The number of aliphatic hydroxyl groups excluding tert-OH is 1. The number of para-hydroxylation sites is 2. The summed E-state index contributed by atoms with van der Waals surface area (Å²) in [5, 5.41) is 15.2. The normalized spacial score (nSPS) is 15.3. The molecule has 3 rings (SSSR count). The van der Waals surface area contributed by atoms with Crippen LogP contribution in [0.1, 0.15) is 25.7 Å². The summed E-state index contributed by atoms with van der Waals surface area (Å²) >= 11 is 0. The zero-order valence-electron chi connectivity index (χ0n) is 12.6. The number of benzene rings is 1. The van der Waals surface area contributed by atoms with Crippen molar-refractivity contribution in [2.24, 2.45) is 0 Å². The molecule has 1 aromatic heterocycles. The van der Waals surface area contributed by atoms with Gasteiger partial charge in [0.2, 0.25) is 11.9 Å². The molecule has 0 bridgehead atoms. The molecular weight excluding hydrogens is 280 g/mol. The standard InChI is InChI=1S/C16H22N4O2/c21-10-9-17-16-19-13-7-3-4-8-14(13)20(16)11-15(22)18-12-5-1-2-6-12/h3-4,7-8,12,21H,1-2,5-6,9-11H2,(H,17,19)(H,18,22). The average Bonchev–Trinajstić information content (AvgIpc) is 3.14. The first-order valence-electron chi connectivity index (χ1n) is 7.87. The molecule has 3 N–H and O–H groups in total.